The van der Waals surface area contributed by atoms with Gasteiger partial charge in [0, 0.05) is 6.54 Å². The van der Waals surface area contributed by atoms with E-state index in [-0.39, 0.29) is 23.3 Å². The average molecular weight is 284 g/mol. The molecule has 19 heavy (non-hydrogen) atoms. The summed E-state index contributed by atoms with van der Waals surface area (Å²) in [5, 5.41) is 13.4. The van der Waals surface area contributed by atoms with Gasteiger partial charge >= 0.3 is 0 Å². The van der Waals surface area contributed by atoms with E-state index in [2.05, 4.69) is 15.3 Å². The zero-order valence-corrected chi connectivity index (χ0v) is 11.5. The van der Waals surface area contributed by atoms with Gasteiger partial charge in [0.1, 0.15) is 10.8 Å². The molecule has 1 aromatic rings. The molecule has 0 radical (unpaired) electrons. The van der Waals surface area contributed by atoms with Crippen LogP contribution in [-0.2, 0) is 0 Å². The van der Waals surface area contributed by atoms with E-state index in [0.717, 1.165) is 38.5 Å². The normalized spacial score (nSPS) is 18.6. The first-order valence-electron chi connectivity index (χ1n) is 6.57. The van der Waals surface area contributed by atoms with Crippen molar-refractivity contribution in [2.75, 3.05) is 6.54 Å². The summed E-state index contributed by atoms with van der Waals surface area (Å²) in [5.74, 6) is -0.332. The zero-order valence-electron chi connectivity index (χ0n) is 10.7. The van der Waals surface area contributed by atoms with Crippen LogP contribution in [0.15, 0.2) is 12.4 Å². The predicted octanol–water partition coefficient (Wildman–Crippen LogP) is 1.95. The largest absolute Gasteiger partial charge is 0.388 e. The number of hydrogen-bond donors (Lipinski definition) is 2. The van der Waals surface area contributed by atoms with Crippen molar-refractivity contribution in [3.63, 3.8) is 0 Å². The molecular weight excluding hydrogens is 266 g/mol. The van der Waals surface area contributed by atoms with E-state index >= 15 is 0 Å². The lowest BCUT2D eigenvalue weighted by molar-refractivity contribution is 0.0246. The van der Waals surface area contributed by atoms with Gasteiger partial charge in [0.25, 0.3) is 5.91 Å². The zero-order chi connectivity index (χ0) is 13.7. The second kappa shape index (κ2) is 6.30. The Bertz CT molecular complexity index is 428. The van der Waals surface area contributed by atoms with Crippen LogP contribution in [0.4, 0.5) is 0 Å². The third-order valence-electron chi connectivity index (χ3n) is 3.47. The Hall–Kier alpha value is -1.20. The highest BCUT2D eigenvalue weighted by molar-refractivity contribution is 6.29. The Balaban J connectivity index is 1.90. The van der Waals surface area contributed by atoms with Crippen molar-refractivity contribution in [3.05, 3.63) is 23.2 Å². The molecule has 0 saturated heterocycles. The maximum atomic E-state index is 11.9. The number of nitrogens with one attached hydrogen (secondary N) is 1. The minimum absolute atomic E-state index is 0.210. The van der Waals surface area contributed by atoms with Crippen LogP contribution >= 0.6 is 11.6 Å². The summed E-state index contributed by atoms with van der Waals surface area (Å²) in [4.78, 5) is 19.6. The highest BCUT2D eigenvalue weighted by Gasteiger charge is 2.28. The second-order valence-electron chi connectivity index (χ2n) is 5.05. The molecule has 104 valence electrons. The summed E-state index contributed by atoms with van der Waals surface area (Å²) in [6.45, 7) is 0.260. The first kappa shape index (κ1) is 14.2. The molecule has 2 rings (SSSR count). The minimum Gasteiger partial charge on any atom is -0.388 e. The number of amides is 1. The molecule has 1 fully saturated rings. The molecule has 0 atom stereocenters. The molecule has 1 aliphatic rings. The predicted molar refractivity (Wildman–Crippen MR) is 72.0 cm³/mol. The highest BCUT2D eigenvalue weighted by Crippen LogP contribution is 2.26. The van der Waals surface area contributed by atoms with Crippen LogP contribution in [0.2, 0.25) is 5.15 Å². The van der Waals surface area contributed by atoms with Crippen LogP contribution < -0.4 is 5.32 Å². The van der Waals surface area contributed by atoms with Crippen LogP contribution in [0.3, 0.4) is 0 Å². The van der Waals surface area contributed by atoms with Crippen LogP contribution in [0.5, 0.6) is 0 Å². The van der Waals surface area contributed by atoms with Crippen LogP contribution in [0.1, 0.15) is 49.0 Å². The molecule has 1 amide bonds. The van der Waals surface area contributed by atoms with Crippen molar-refractivity contribution in [2.45, 2.75) is 44.1 Å². The smallest absolute Gasteiger partial charge is 0.271 e. The van der Waals surface area contributed by atoms with Gasteiger partial charge in [-0.05, 0) is 12.8 Å². The van der Waals surface area contributed by atoms with Crippen LogP contribution in [0, 0.1) is 0 Å². The summed E-state index contributed by atoms with van der Waals surface area (Å²) in [5.41, 5.74) is -0.576. The molecule has 6 heteroatoms. The lowest BCUT2D eigenvalue weighted by atomic mass is 9.94. The number of aliphatic hydroxyl groups is 1. The van der Waals surface area contributed by atoms with Gasteiger partial charge in [0.2, 0.25) is 0 Å². The number of nitrogens with zero attached hydrogens (tertiary/aromatic N) is 2. The molecule has 0 bridgehead atoms. The van der Waals surface area contributed by atoms with Gasteiger partial charge in [-0.25, -0.2) is 9.97 Å². The molecule has 2 N–H and O–H groups in total. The lowest BCUT2D eigenvalue weighted by Gasteiger charge is -2.26. The first-order chi connectivity index (χ1) is 9.09. The maximum Gasteiger partial charge on any atom is 0.271 e. The molecule has 0 aliphatic heterocycles. The average Bonchev–Trinajstić information content (AvgIpc) is 2.62. The summed E-state index contributed by atoms with van der Waals surface area (Å²) in [6, 6.07) is 0. The van der Waals surface area contributed by atoms with E-state index in [9.17, 15) is 9.90 Å². The van der Waals surface area contributed by atoms with Gasteiger partial charge < -0.3 is 10.4 Å². The third-order valence-corrected chi connectivity index (χ3v) is 3.66. The molecule has 1 heterocycles. The number of carbonyl (C=O) groups excluding carboxylic acids is 1. The Labute approximate surface area is 117 Å². The molecule has 5 nitrogen and oxygen atoms in total. The van der Waals surface area contributed by atoms with Crippen LogP contribution in [0.25, 0.3) is 0 Å². The minimum atomic E-state index is -0.786. The van der Waals surface area contributed by atoms with Crippen molar-refractivity contribution in [2.24, 2.45) is 0 Å². The Kier molecular flexibility index (Phi) is 4.71. The topological polar surface area (TPSA) is 75.1 Å². The van der Waals surface area contributed by atoms with E-state index in [1.54, 1.807) is 0 Å². The van der Waals surface area contributed by atoms with Gasteiger partial charge in [-0.15, -0.1) is 0 Å². The molecule has 1 aromatic heterocycles. The van der Waals surface area contributed by atoms with E-state index in [0.29, 0.717) is 0 Å². The molecule has 0 unspecified atom stereocenters. The van der Waals surface area contributed by atoms with Crippen molar-refractivity contribution >= 4 is 17.5 Å². The summed E-state index contributed by atoms with van der Waals surface area (Å²) in [6.07, 6.45) is 8.45. The lowest BCUT2D eigenvalue weighted by Crippen LogP contribution is -2.42. The molecular formula is C13H18ClN3O2. The molecule has 0 spiro atoms. The maximum absolute atomic E-state index is 11.9. The van der Waals surface area contributed by atoms with Gasteiger partial charge in [0.05, 0.1) is 18.0 Å². The number of halogens is 1. The second-order valence-corrected chi connectivity index (χ2v) is 5.43. The fraction of sp³-hybridized carbons (Fsp3) is 0.615. The number of rotatable bonds is 3. The molecule has 0 aromatic carbocycles. The fourth-order valence-electron chi connectivity index (χ4n) is 2.33. The van der Waals surface area contributed by atoms with Crippen LogP contribution in [-0.4, -0.2) is 33.1 Å². The van der Waals surface area contributed by atoms with Gasteiger partial charge in [-0.2, -0.15) is 0 Å². The Morgan fingerprint density at radius 3 is 2.53 bits per heavy atom. The van der Waals surface area contributed by atoms with Crippen molar-refractivity contribution in [3.8, 4) is 0 Å². The molecule has 1 aliphatic carbocycles. The summed E-state index contributed by atoms with van der Waals surface area (Å²) < 4.78 is 0. The number of hydrogen-bond acceptors (Lipinski definition) is 4. The van der Waals surface area contributed by atoms with Crippen molar-refractivity contribution < 1.29 is 9.90 Å². The highest BCUT2D eigenvalue weighted by atomic mass is 35.5. The fourth-order valence-corrected chi connectivity index (χ4v) is 2.43. The number of aromatic nitrogens is 2. The summed E-state index contributed by atoms with van der Waals surface area (Å²) in [7, 11) is 0. The third kappa shape index (κ3) is 4.14. The molecule has 1 saturated carbocycles. The van der Waals surface area contributed by atoms with Gasteiger partial charge in [-0.3, -0.25) is 4.79 Å². The van der Waals surface area contributed by atoms with Crippen molar-refractivity contribution in [1.29, 1.82) is 0 Å². The van der Waals surface area contributed by atoms with E-state index in [1.165, 1.54) is 12.4 Å². The monoisotopic (exact) mass is 283 g/mol. The standard InChI is InChI=1S/C13H18ClN3O2/c14-11-8-15-10(7-16-11)12(18)17-9-13(19)5-3-1-2-4-6-13/h7-8,19H,1-6,9H2,(H,17,18). The Morgan fingerprint density at radius 1 is 1.26 bits per heavy atom. The van der Waals surface area contributed by atoms with Gasteiger partial charge in [-0.1, -0.05) is 37.3 Å². The Morgan fingerprint density at radius 2 is 1.95 bits per heavy atom. The van der Waals surface area contributed by atoms with Crippen molar-refractivity contribution in [1.82, 2.24) is 15.3 Å². The van der Waals surface area contributed by atoms with E-state index in [4.69, 9.17) is 11.6 Å². The van der Waals surface area contributed by atoms with E-state index < -0.39 is 5.60 Å². The quantitative estimate of drug-likeness (QED) is 0.832. The SMILES string of the molecule is O=C(NCC1(O)CCCCCC1)c1cnc(Cl)cn1. The first-order valence-corrected chi connectivity index (χ1v) is 6.95. The number of carbonyl (C=O) groups is 1. The van der Waals surface area contributed by atoms with E-state index in [1.807, 2.05) is 0 Å². The summed E-state index contributed by atoms with van der Waals surface area (Å²) >= 11 is 5.61. The van der Waals surface area contributed by atoms with Gasteiger partial charge in [0.15, 0.2) is 0 Å².